The van der Waals surface area contributed by atoms with Crippen molar-refractivity contribution in [2.24, 2.45) is 0 Å². The average Bonchev–Trinajstić information content (AvgIpc) is 2.45. The van der Waals surface area contributed by atoms with Crippen LogP contribution in [0.4, 0.5) is 14.5 Å². The van der Waals surface area contributed by atoms with Gasteiger partial charge in [0.15, 0.2) is 0 Å². The van der Waals surface area contributed by atoms with Crippen molar-refractivity contribution >= 4 is 21.6 Å². The van der Waals surface area contributed by atoms with Crippen LogP contribution in [0.3, 0.4) is 0 Å². The molecule has 1 aliphatic heterocycles. The molecule has 4 heteroatoms. The van der Waals surface area contributed by atoms with Crippen LogP contribution in [0.5, 0.6) is 0 Å². The Hall–Kier alpha value is -0.640. The van der Waals surface area contributed by atoms with Crippen molar-refractivity contribution in [2.75, 3.05) is 5.32 Å². The van der Waals surface area contributed by atoms with Crippen LogP contribution in [0.15, 0.2) is 22.7 Å². The van der Waals surface area contributed by atoms with Crippen LogP contribution < -0.4 is 5.32 Å². The van der Waals surface area contributed by atoms with Gasteiger partial charge in [-0.25, -0.2) is 8.78 Å². The van der Waals surface area contributed by atoms with Crippen LogP contribution in [0.2, 0.25) is 0 Å². The Morgan fingerprint density at radius 2 is 2.21 bits per heavy atom. The van der Waals surface area contributed by atoms with E-state index in [0.29, 0.717) is 6.42 Å². The summed E-state index contributed by atoms with van der Waals surface area (Å²) in [5, 5.41) is 2.83. The molecule has 1 unspecified atom stereocenters. The normalized spacial score (nSPS) is 20.4. The Kier molecular flexibility index (Phi) is 2.26. The van der Waals surface area contributed by atoms with E-state index in [0.717, 1.165) is 22.6 Å². The summed E-state index contributed by atoms with van der Waals surface area (Å²) >= 11 is 3.32. The number of alkyl halides is 2. The summed E-state index contributed by atoms with van der Waals surface area (Å²) < 4.78 is 27.0. The molecule has 0 aromatic heterocycles. The number of hydrogen-bond acceptors (Lipinski definition) is 1. The van der Waals surface area contributed by atoms with Gasteiger partial charge in [-0.1, -0.05) is 15.9 Å². The van der Waals surface area contributed by atoms with Crippen LogP contribution >= 0.6 is 15.9 Å². The zero-order valence-electron chi connectivity index (χ0n) is 7.65. The third kappa shape index (κ3) is 1.75. The minimum Gasteiger partial charge on any atom is -0.376 e. The molecule has 1 heterocycles. The molecular weight excluding hydrogens is 252 g/mol. The summed E-state index contributed by atoms with van der Waals surface area (Å²) in [5.41, 5.74) is 1.77. The van der Waals surface area contributed by atoms with E-state index in [1.807, 2.05) is 18.2 Å². The fourth-order valence-electron chi connectivity index (χ4n) is 1.64. The lowest BCUT2D eigenvalue weighted by molar-refractivity contribution is 0.00371. The number of anilines is 1. The summed E-state index contributed by atoms with van der Waals surface area (Å²) in [7, 11) is 0. The van der Waals surface area contributed by atoms with Crippen LogP contribution in [0.25, 0.3) is 0 Å². The molecule has 0 fully saturated rings. The van der Waals surface area contributed by atoms with Gasteiger partial charge < -0.3 is 5.32 Å². The van der Waals surface area contributed by atoms with Crippen molar-refractivity contribution in [1.82, 2.24) is 0 Å². The number of hydrogen-bond donors (Lipinski definition) is 1. The minimum atomic E-state index is -2.68. The molecular formula is C10H10BrF2N. The van der Waals surface area contributed by atoms with Gasteiger partial charge >= 0.3 is 0 Å². The van der Waals surface area contributed by atoms with Crippen molar-refractivity contribution in [3.8, 4) is 0 Å². The van der Waals surface area contributed by atoms with Crippen molar-refractivity contribution < 1.29 is 8.78 Å². The van der Waals surface area contributed by atoms with Gasteiger partial charge in [0.2, 0.25) is 0 Å². The molecule has 2 rings (SSSR count). The lowest BCUT2D eigenvalue weighted by Crippen LogP contribution is -2.35. The van der Waals surface area contributed by atoms with Crippen LogP contribution in [0.1, 0.15) is 12.5 Å². The van der Waals surface area contributed by atoms with Gasteiger partial charge in [0.1, 0.15) is 0 Å². The number of benzene rings is 1. The Balaban J connectivity index is 2.26. The zero-order valence-corrected chi connectivity index (χ0v) is 9.24. The second kappa shape index (κ2) is 3.19. The van der Waals surface area contributed by atoms with Gasteiger partial charge in [-0.15, -0.1) is 0 Å². The summed E-state index contributed by atoms with van der Waals surface area (Å²) in [4.78, 5) is 0. The maximum Gasteiger partial charge on any atom is 0.265 e. The quantitative estimate of drug-likeness (QED) is 0.817. The molecule has 0 saturated carbocycles. The smallest absolute Gasteiger partial charge is 0.265 e. The van der Waals surface area contributed by atoms with Gasteiger partial charge in [-0.3, -0.25) is 0 Å². The highest BCUT2D eigenvalue weighted by molar-refractivity contribution is 9.10. The van der Waals surface area contributed by atoms with E-state index < -0.39 is 12.0 Å². The summed E-state index contributed by atoms with van der Waals surface area (Å²) in [6, 6.07) is 4.79. The monoisotopic (exact) mass is 261 g/mol. The lowest BCUT2D eigenvalue weighted by atomic mass is 10.1. The molecule has 0 aliphatic carbocycles. The molecule has 1 N–H and O–H groups in total. The Labute approximate surface area is 89.6 Å². The van der Waals surface area contributed by atoms with Crippen LogP contribution in [-0.4, -0.2) is 12.0 Å². The minimum absolute atomic E-state index is 0.387. The first-order valence-electron chi connectivity index (χ1n) is 4.39. The first kappa shape index (κ1) is 9.90. The molecule has 0 bridgehead atoms. The highest BCUT2D eigenvalue weighted by Gasteiger charge is 2.38. The third-order valence-corrected chi connectivity index (χ3v) is 2.93. The molecule has 0 spiro atoms. The SMILES string of the molecule is CC(F)(F)C1Cc2cc(Br)ccc2N1. The highest BCUT2D eigenvalue weighted by Crippen LogP contribution is 2.34. The maximum absolute atomic E-state index is 13.0. The predicted molar refractivity (Wildman–Crippen MR) is 55.9 cm³/mol. The predicted octanol–water partition coefficient (Wildman–Crippen LogP) is 3.44. The molecule has 76 valence electrons. The number of rotatable bonds is 1. The lowest BCUT2D eigenvalue weighted by Gasteiger charge is -2.18. The number of nitrogens with one attached hydrogen (secondary N) is 1. The first-order valence-corrected chi connectivity index (χ1v) is 5.19. The molecule has 14 heavy (non-hydrogen) atoms. The largest absolute Gasteiger partial charge is 0.376 e. The Morgan fingerprint density at radius 3 is 2.86 bits per heavy atom. The third-order valence-electron chi connectivity index (χ3n) is 2.43. The van der Waals surface area contributed by atoms with Gasteiger partial charge in [-0.05, 0) is 23.8 Å². The van der Waals surface area contributed by atoms with Gasteiger partial charge in [0.25, 0.3) is 5.92 Å². The standard InChI is InChI=1S/C10H10BrF2N/c1-10(12,13)9-5-6-4-7(11)2-3-8(6)14-9/h2-4,9,14H,5H2,1H3. The fourth-order valence-corrected chi connectivity index (χ4v) is 2.05. The number of halogens is 3. The molecule has 0 amide bonds. The summed E-state index contributed by atoms with van der Waals surface area (Å²) in [6.45, 7) is 0.950. The molecule has 1 aliphatic rings. The number of fused-ring (bicyclic) bond motifs is 1. The van der Waals surface area contributed by atoms with E-state index >= 15 is 0 Å². The maximum atomic E-state index is 13.0. The highest BCUT2D eigenvalue weighted by atomic mass is 79.9. The Bertz CT molecular complexity index is 360. The molecule has 1 aromatic carbocycles. The van der Waals surface area contributed by atoms with Gasteiger partial charge in [-0.2, -0.15) is 0 Å². The molecule has 1 aromatic rings. The van der Waals surface area contributed by atoms with Gasteiger partial charge in [0, 0.05) is 23.5 Å². The average molecular weight is 262 g/mol. The van der Waals surface area contributed by atoms with E-state index in [2.05, 4.69) is 21.2 Å². The van der Waals surface area contributed by atoms with E-state index in [1.54, 1.807) is 0 Å². The Morgan fingerprint density at radius 1 is 1.50 bits per heavy atom. The molecule has 1 nitrogen and oxygen atoms in total. The first-order chi connectivity index (χ1) is 6.47. The van der Waals surface area contributed by atoms with Crippen LogP contribution in [-0.2, 0) is 6.42 Å². The zero-order chi connectivity index (χ0) is 10.3. The fraction of sp³-hybridized carbons (Fsp3) is 0.400. The van der Waals surface area contributed by atoms with Crippen molar-refractivity contribution in [3.63, 3.8) is 0 Å². The van der Waals surface area contributed by atoms with E-state index in [9.17, 15) is 8.78 Å². The second-order valence-electron chi connectivity index (χ2n) is 3.66. The second-order valence-corrected chi connectivity index (χ2v) is 4.57. The van der Waals surface area contributed by atoms with Gasteiger partial charge in [0.05, 0.1) is 6.04 Å². The molecule has 1 atom stereocenters. The van der Waals surface area contributed by atoms with E-state index in [-0.39, 0.29) is 0 Å². The van der Waals surface area contributed by atoms with E-state index in [1.165, 1.54) is 0 Å². The molecule has 0 saturated heterocycles. The van der Waals surface area contributed by atoms with Crippen molar-refractivity contribution in [3.05, 3.63) is 28.2 Å². The van der Waals surface area contributed by atoms with E-state index in [4.69, 9.17) is 0 Å². The molecule has 0 radical (unpaired) electrons. The van der Waals surface area contributed by atoms with Crippen molar-refractivity contribution in [2.45, 2.75) is 25.3 Å². The topological polar surface area (TPSA) is 12.0 Å². The summed E-state index contributed by atoms with van der Waals surface area (Å²) in [6.07, 6.45) is 0.387. The van der Waals surface area contributed by atoms with Crippen molar-refractivity contribution in [1.29, 1.82) is 0 Å². The van der Waals surface area contributed by atoms with Crippen LogP contribution in [0, 0.1) is 0 Å². The summed E-state index contributed by atoms with van der Waals surface area (Å²) in [5.74, 6) is -2.68.